The van der Waals surface area contributed by atoms with Gasteiger partial charge in [0.25, 0.3) is 0 Å². The highest BCUT2D eigenvalue weighted by molar-refractivity contribution is 7.89. The minimum absolute atomic E-state index is 0.208. The summed E-state index contributed by atoms with van der Waals surface area (Å²) in [4.78, 5) is 2.73. The molecule has 2 fully saturated rings. The lowest BCUT2D eigenvalue weighted by atomic mass is 10.2. The van der Waals surface area contributed by atoms with Crippen LogP contribution < -0.4 is 10.5 Å². The highest BCUT2D eigenvalue weighted by Crippen LogP contribution is 2.31. The number of aryl methyl sites for hydroxylation is 1. The van der Waals surface area contributed by atoms with E-state index in [4.69, 9.17) is 5.14 Å². The number of nitrogens with two attached hydrogens (primary N) is 1. The highest BCUT2D eigenvalue weighted by Gasteiger charge is 2.34. The van der Waals surface area contributed by atoms with E-state index < -0.39 is 10.0 Å². The van der Waals surface area contributed by atoms with Crippen molar-refractivity contribution >= 4 is 15.7 Å². The lowest BCUT2D eigenvalue weighted by molar-refractivity contribution is 0.326. The molecular weight excluding hydrogens is 274 g/mol. The summed E-state index contributed by atoms with van der Waals surface area (Å²) in [6, 6.07) is 6.55. The van der Waals surface area contributed by atoms with Crippen LogP contribution in [0.2, 0.25) is 0 Å². The van der Waals surface area contributed by atoms with Gasteiger partial charge in [-0.25, -0.2) is 13.6 Å². The van der Waals surface area contributed by atoms with Gasteiger partial charge in [0, 0.05) is 30.9 Å². The lowest BCUT2D eigenvalue weighted by Gasteiger charge is -2.17. The molecule has 0 amide bonds. The summed E-state index contributed by atoms with van der Waals surface area (Å²) in [7, 11) is -3.65. The maximum absolute atomic E-state index is 11.5. The van der Waals surface area contributed by atoms with Crippen molar-refractivity contribution in [2.24, 2.45) is 5.14 Å². The maximum atomic E-state index is 11.5. The first-order chi connectivity index (χ1) is 9.43. The van der Waals surface area contributed by atoms with Crippen molar-refractivity contribution in [2.75, 3.05) is 18.4 Å². The fourth-order valence-corrected chi connectivity index (χ4v) is 3.72. The molecule has 1 aliphatic carbocycles. The first kappa shape index (κ1) is 13.9. The molecule has 0 radical (unpaired) electrons. The number of hydrogen-bond acceptors (Lipinski definition) is 4. The zero-order chi connectivity index (χ0) is 14.3. The van der Waals surface area contributed by atoms with Gasteiger partial charge in [-0.1, -0.05) is 6.07 Å². The van der Waals surface area contributed by atoms with Crippen LogP contribution in [0.5, 0.6) is 0 Å². The minimum atomic E-state index is -3.65. The van der Waals surface area contributed by atoms with Gasteiger partial charge in [0.15, 0.2) is 0 Å². The second kappa shape index (κ2) is 5.02. The molecule has 1 heterocycles. The van der Waals surface area contributed by atoms with Crippen LogP contribution in [0.1, 0.15) is 24.8 Å². The molecule has 0 bridgehead atoms. The number of rotatable bonds is 4. The molecule has 1 atom stereocenters. The van der Waals surface area contributed by atoms with Crippen molar-refractivity contribution in [2.45, 2.75) is 43.2 Å². The molecule has 1 aliphatic heterocycles. The summed E-state index contributed by atoms with van der Waals surface area (Å²) in [5, 5.41) is 8.67. The van der Waals surface area contributed by atoms with Gasteiger partial charge < -0.3 is 5.32 Å². The van der Waals surface area contributed by atoms with E-state index in [2.05, 4.69) is 10.2 Å². The second-order valence-electron chi connectivity index (χ2n) is 5.88. The van der Waals surface area contributed by atoms with Gasteiger partial charge >= 0.3 is 0 Å². The van der Waals surface area contributed by atoms with Crippen molar-refractivity contribution in [1.82, 2.24) is 4.90 Å². The number of anilines is 1. The number of likely N-dealkylation sites (tertiary alicyclic amines) is 1. The molecule has 20 heavy (non-hydrogen) atoms. The second-order valence-corrected chi connectivity index (χ2v) is 7.41. The maximum Gasteiger partial charge on any atom is 0.238 e. The Morgan fingerprint density at radius 1 is 1.30 bits per heavy atom. The third-order valence-electron chi connectivity index (χ3n) is 4.15. The van der Waals surface area contributed by atoms with E-state index in [9.17, 15) is 8.42 Å². The quantitative estimate of drug-likeness (QED) is 0.877. The topological polar surface area (TPSA) is 75.4 Å². The van der Waals surface area contributed by atoms with E-state index in [1.165, 1.54) is 12.8 Å². The largest absolute Gasteiger partial charge is 0.381 e. The normalized spacial score (nSPS) is 24.0. The molecule has 1 aromatic carbocycles. The Labute approximate surface area is 120 Å². The molecule has 3 rings (SSSR count). The first-order valence-electron chi connectivity index (χ1n) is 7.07. The molecule has 0 spiro atoms. The Morgan fingerprint density at radius 3 is 2.70 bits per heavy atom. The SMILES string of the molecule is Cc1ccc(NC2CCN(C3CC3)C2)cc1S(N)(=O)=O. The number of sulfonamides is 1. The molecule has 1 saturated heterocycles. The third-order valence-corrected chi connectivity index (χ3v) is 5.20. The van der Waals surface area contributed by atoms with E-state index in [0.717, 1.165) is 31.2 Å². The predicted molar refractivity (Wildman–Crippen MR) is 79.2 cm³/mol. The Hall–Kier alpha value is -1.11. The monoisotopic (exact) mass is 295 g/mol. The molecule has 1 unspecified atom stereocenters. The average Bonchev–Trinajstić information content (AvgIpc) is 3.12. The highest BCUT2D eigenvalue weighted by atomic mass is 32.2. The van der Waals surface area contributed by atoms with Crippen molar-refractivity contribution in [1.29, 1.82) is 0 Å². The summed E-state index contributed by atoms with van der Waals surface area (Å²) in [6.45, 7) is 3.94. The van der Waals surface area contributed by atoms with Crippen molar-refractivity contribution in [3.8, 4) is 0 Å². The van der Waals surface area contributed by atoms with E-state index in [0.29, 0.717) is 11.6 Å². The van der Waals surface area contributed by atoms with Crippen LogP contribution in [0.3, 0.4) is 0 Å². The molecule has 5 nitrogen and oxygen atoms in total. The van der Waals surface area contributed by atoms with E-state index >= 15 is 0 Å². The van der Waals surface area contributed by atoms with Crippen LogP contribution in [-0.2, 0) is 10.0 Å². The summed E-state index contributed by atoms with van der Waals surface area (Å²) in [5.41, 5.74) is 1.52. The number of hydrogen-bond donors (Lipinski definition) is 2. The first-order valence-corrected chi connectivity index (χ1v) is 8.62. The fourth-order valence-electron chi connectivity index (χ4n) is 2.91. The molecule has 3 N–H and O–H groups in total. The van der Waals surface area contributed by atoms with Crippen LogP contribution in [0.15, 0.2) is 23.1 Å². The van der Waals surface area contributed by atoms with E-state index in [1.807, 2.05) is 6.07 Å². The van der Waals surface area contributed by atoms with Gasteiger partial charge in [0.2, 0.25) is 10.0 Å². The van der Waals surface area contributed by atoms with Crippen molar-refractivity contribution in [3.05, 3.63) is 23.8 Å². The van der Waals surface area contributed by atoms with Gasteiger partial charge in [-0.3, -0.25) is 4.90 Å². The Balaban J connectivity index is 1.71. The number of nitrogens with zero attached hydrogens (tertiary/aromatic N) is 1. The Morgan fingerprint density at radius 2 is 2.05 bits per heavy atom. The number of benzene rings is 1. The summed E-state index contributed by atoms with van der Waals surface area (Å²) < 4.78 is 23.1. The van der Waals surface area contributed by atoms with Crippen molar-refractivity contribution < 1.29 is 8.42 Å². The molecule has 6 heteroatoms. The Bertz CT molecular complexity index is 611. The standard InChI is InChI=1S/C14H21N3O2S/c1-10-2-3-11(8-14(10)20(15,18)19)16-12-6-7-17(9-12)13-4-5-13/h2-3,8,12-13,16H,4-7,9H2,1H3,(H2,15,18,19). The molecule has 110 valence electrons. The van der Waals surface area contributed by atoms with Crippen LogP contribution in [-0.4, -0.2) is 38.5 Å². The van der Waals surface area contributed by atoms with Crippen LogP contribution in [0.25, 0.3) is 0 Å². The molecule has 2 aliphatic rings. The zero-order valence-corrected chi connectivity index (χ0v) is 12.5. The zero-order valence-electron chi connectivity index (χ0n) is 11.7. The van der Waals surface area contributed by atoms with Gasteiger partial charge in [-0.2, -0.15) is 0 Å². The summed E-state index contributed by atoms with van der Waals surface area (Å²) in [6.07, 6.45) is 3.76. The van der Waals surface area contributed by atoms with Crippen LogP contribution in [0.4, 0.5) is 5.69 Å². The molecule has 1 saturated carbocycles. The minimum Gasteiger partial charge on any atom is -0.381 e. The third kappa shape index (κ3) is 2.97. The van der Waals surface area contributed by atoms with E-state index in [1.54, 1.807) is 19.1 Å². The average molecular weight is 295 g/mol. The van der Waals surface area contributed by atoms with Crippen LogP contribution >= 0.6 is 0 Å². The van der Waals surface area contributed by atoms with Gasteiger partial charge in [-0.05, 0) is 43.9 Å². The van der Waals surface area contributed by atoms with Gasteiger partial charge in [-0.15, -0.1) is 0 Å². The lowest BCUT2D eigenvalue weighted by Crippen LogP contribution is -2.27. The number of nitrogens with one attached hydrogen (secondary N) is 1. The fraction of sp³-hybridized carbons (Fsp3) is 0.571. The molecule has 0 aromatic heterocycles. The molecular formula is C14H21N3O2S. The summed E-state index contributed by atoms with van der Waals surface area (Å²) in [5.74, 6) is 0. The van der Waals surface area contributed by atoms with Gasteiger partial charge in [0.1, 0.15) is 0 Å². The smallest absolute Gasteiger partial charge is 0.238 e. The Kier molecular flexibility index (Phi) is 3.48. The summed E-state index contributed by atoms with van der Waals surface area (Å²) >= 11 is 0. The van der Waals surface area contributed by atoms with Gasteiger partial charge in [0.05, 0.1) is 4.90 Å². The number of primary sulfonamides is 1. The van der Waals surface area contributed by atoms with Crippen molar-refractivity contribution in [3.63, 3.8) is 0 Å². The molecule has 1 aromatic rings. The predicted octanol–water partition coefficient (Wildman–Crippen LogP) is 1.29. The van der Waals surface area contributed by atoms with Crippen LogP contribution in [0, 0.1) is 6.92 Å². The van der Waals surface area contributed by atoms with E-state index in [-0.39, 0.29) is 4.90 Å².